The lowest BCUT2D eigenvalue weighted by molar-refractivity contribution is 0.420. The van der Waals surface area contributed by atoms with Gasteiger partial charge in [0.05, 0.1) is 22.8 Å². The summed E-state index contributed by atoms with van der Waals surface area (Å²) >= 11 is 0. The fourth-order valence-electron chi connectivity index (χ4n) is 4.19. The van der Waals surface area contributed by atoms with Gasteiger partial charge in [-0.3, -0.25) is 15.4 Å². The third kappa shape index (κ3) is 3.80. The van der Waals surface area contributed by atoms with Crippen molar-refractivity contribution in [2.24, 2.45) is 16.9 Å². The van der Waals surface area contributed by atoms with Crippen molar-refractivity contribution in [1.29, 1.82) is 0 Å². The van der Waals surface area contributed by atoms with E-state index >= 15 is 0 Å². The quantitative estimate of drug-likeness (QED) is 0.840. The Labute approximate surface area is 161 Å². The van der Waals surface area contributed by atoms with Gasteiger partial charge in [-0.2, -0.15) is 5.10 Å². The molecule has 0 saturated heterocycles. The fraction of sp³-hybridized carbons (Fsp3) is 0.435. The van der Waals surface area contributed by atoms with E-state index in [4.69, 9.17) is 10.1 Å². The average Bonchev–Trinajstić information content (AvgIpc) is 2.71. The number of allylic oxidation sites excluding steroid dienone is 1. The molecule has 1 aliphatic heterocycles. The largest absolute Gasteiger partial charge is 0.276 e. The highest BCUT2D eigenvalue weighted by Gasteiger charge is 2.31. The van der Waals surface area contributed by atoms with E-state index in [9.17, 15) is 0 Å². The predicted octanol–water partition coefficient (Wildman–Crippen LogP) is 4.97. The van der Waals surface area contributed by atoms with Gasteiger partial charge >= 0.3 is 0 Å². The van der Waals surface area contributed by atoms with E-state index in [1.165, 1.54) is 30.4 Å². The summed E-state index contributed by atoms with van der Waals surface area (Å²) in [5.74, 6) is 1.10. The van der Waals surface area contributed by atoms with E-state index in [1.54, 1.807) is 0 Å². The third-order valence-electron chi connectivity index (χ3n) is 5.87. The highest BCUT2D eigenvalue weighted by atomic mass is 15.3. The lowest BCUT2D eigenvalue weighted by Gasteiger charge is -2.32. The maximum Gasteiger partial charge on any atom is 0.0935 e. The molecule has 4 nitrogen and oxygen atoms in total. The lowest BCUT2D eigenvalue weighted by Crippen LogP contribution is -2.31. The molecule has 0 spiro atoms. The molecule has 0 bridgehead atoms. The van der Waals surface area contributed by atoms with E-state index in [0.29, 0.717) is 5.92 Å². The summed E-state index contributed by atoms with van der Waals surface area (Å²) in [6, 6.07) is 10.4. The standard InChI is InChI=1S/C23H28N4/c1-3-17-11-13-21(25-15-17)22-18-8-6-7-16(2)10-12-19(18)23(27-26-22)20-9-4-5-14-24-20/h4-5,9,11,13-16,18,27H,3,6-8,10,12H2,1-2H3. The maximum atomic E-state index is 4.79. The molecule has 1 aliphatic carbocycles. The van der Waals surface area contributed by atoms with Crippen LogP contribution in [0.25, 0.3) is 5.70 Å². The van der Waals surface area contributed by atoms with Crippen LogP contribution in [-0.4, -0.2) is 15.7 Å². The molecule has 1 fully saturated rings. The first-order valence-corrected chi connectivity index (χ1v) is 10.2. The molecule has 2 unspecified atom stereocenters. The van der Waals surface area contributed by atoms with Gasteiger partial charge in [0.1, 0.15) is 0 Å². The first-order valence-electron chi connectivity index (χ1n) is 10.2. The third-order valence-corrected chi connectivity index (χ3v) is 5.87. The van der Waals surface area contributed by atoms with E-state index in [2.05, 4.69) is 42.5 Å². The Hall–Kier alpha value is -2.49. The number of fused-ring (bicyclic) bond motifs is 1. The molecule has 1 N–H and O–H groups in total. The van der Waals surface area contributed by atoms with Gasteiger partial charge in [-0.25, -0.2) is 0 Å². The lowest BCUT2D eigenvalue weighted by atomic mass is 9.78. The molecule has 140 valence electrons. The second kappa shape index (κ2) is 8.03. The average molecular weight is 361 g/mol. The van der Waals surface area contributed by atoms with Gasteiger partial charge in [0.2, 0.25) is 0 Å². The van der Waals surface area contributed by atoms with Crippen molar-refractivity contribution in [1.82, 2.24) is 15.4 Å². The maximum absolute atomic E-state index is 4.79. The molecule has 2 aliphatic rings. The summed E-state index contributed by atoms with van der Waals surface area (Å²) < 4.78 is 0. The molecule has 0 amide bonds. The topological polar surface area (TPSA) is 50.2 Å². The van der Waals surface area contributed by atoms with Crippen LogP contribution >= 0.6 is 0 Å². The Bertz CT molecular complexity index is 836. The summed E-state index contributed by atoms with van der Waals surface area (Å²) in [6.07, 6.45) is 10.8. The van der Waals surface area contributed by atoms with Gasteiger partial charge < -0.3 is 0 Å². The minimum Gasteiger partial charge on any atom is -0.276 e. The van der Waals surface area contributed by atoms with E-state index in [1.807, 2.05) is 24.5 Å². The summed E-state index contributed by atoms with van der Waals surface area (Å²) in [7, 11) is 0. The molecule has 2 aromatic rings. The molecule has 4 rings (SSSR count). The Morgan fingerprint density at radius 2 is 1.96 bits per heavy atom. The number of aromatic nitrogens is 2. The Morgan fingerprint density at radius 3 is 2.70 bits per heavy atom. The van der Waals surface area contributed by atoms with Crippen LogP contribution in [0.15, 0.2) is 53.4 Å². The summed E-state index contributed by atoms with van der Waals surface area (Å²) in [5, 5.41) is 4.79. The van der Waals surface area contributed by atoms with Gasteiger partial charge in [-0.15, -0.1) is 0 Å². The number of hydrogen-bond donors (Lipinski definition) is 1. The number of rotatable bonds is 3. The van der Waals surface area contributed by atoms with E-state index in [-0.39, 0.29) is 0 Å². The van der Waals surface area contributed by atoms with E-state index < -0.39 is 0 Å². The molecule has 4 heteroatoms. The van der Waals surface area contributed by atoms with Crippen molar-refractivity contribution >= 4 is 11.4 Å². The van der Waals surface area contributed by atoms with Crippen LogP contribution in [0.4, 0.5) is 0 Å². The Morgan fingerprint density at radius 1 is 1.04 bits per heavy atom. The molecule has 1 saturated carbocycles. The van der Waals surface area contributed by atoms with Gasteiger partial charge in [-0.1, -0.05) is 38.8 Å². The molecular formula is C23H28N4. The van der Waals surface area contributed by atoms with Crippen LogP contribution in [0.1, 0.15) is 62.9 Å². The molecular weight excluding hydrogens is 332 g/mol. The SMILES string of the molecule is CCc1ccc(C2=NNC(c3ccccn3)=C3CCC(C)CCCC23)nc1. The number of aryl methyl sites for hydroxylation is 1. The van der Waals surface area contributed by atoms with Crippen molar-refractivity contribution in [3.8, 4) is 0 Å². The fourth-order valence-corrected chi connectivity index (χ4v) is 4.19. The van der Waals surface area contributed by atoms with Crippen LogP contribution in [0.5, 0.6) is 0 Å². The van der Waals surface area contributed by atoms with Gasteiger partial charge in [0.25, 0.3) is 0 Å². The zero-order valence-corrected chi connectivity index (χ0v) is 16.3. The van der Waals surface area contributed by atoms with Crippen LogP contribution in [0.2, 0.25) is 0 Å². The molecule has 27 heavy (non-hydrogen) atoms. The van der Waals surface area contributed by atoms with Gasteiger partial charge in [-0.05, 0) is 60.9 Å². The summed E-state index contributed by atoms with van der Waals surface area (Å²) in [5.41, 5.74) is 10.2. The summed E-state index contributed by atoms with van der Waals surface area (Å²) in [6.45, 7) is 4.53. The van der Waals surface area contributed by atoms with Crippen molar-refractivity contribution in [2.45, 2.75) is 52.4 Å². The van der Waals surface area contributed by atoms with Gasteiger partial charge in [0, 0.05) is 18.3 Å². The van der Waals surface area contributed by atoms with Gasteiger partial charge in [0.15, 0.2) is 0 Å². The minimum absolute atomic E-state index is 0.329. The minimum atomic E-state index is 0.329. The zero-order valence-electron chi connectivity index (χ0n) is 16.3. The highest BCUT2D eigenvalue weighted by Crippen LogP contribution is 2.37. The van der Waals surface area contributed by atoms with Crippen molar-refractivity contribution in [3.63, 3.8) is 0 Å². The van der Waals surface area contributed by atoms with Crippen LogP contribution in [0.3, 0.4) is 0 Å². The molecule has 3 heterocycles. The molecule has 0 radical (unpaired) electrons. The van der Waals surface area contributed by atoms with Crippen LogP contribution < -0.4 is 5.43 Å². The monoisotopic (exact) mass is 360 g/mol. The Balaban J connectivity index is 1.73. The molecule has 0 aromatic carbocycles. The van der Waals surface area contributed by atoms with E-state index in [0.717, 1.165) is 48.0 Å². The summed E-state index contributed by atoms with van der Waals surface area (Å²) in [4.78, 5) is 9.30. The second-order valence-corrected chi connectivity index (χ2v) is 7.76. The first kappa shape index (κ1) is 17.9. The van der Waals surface area contributed by atoms with Crippen molar-refractivity contribution < 1.29 is 0 Å². The highest BCUT2D eigenvalue weighted by molar-refractivity contribution is 6.04. The zero-order chi connectivity index (χ0) is 18.6. The first-order chi connectivity index (χ1) is 13.3. The number of nitrogens with one attached hydrogen (secondary N) is 1. The smallest absolute Gasteiger partial charge is 0.0935 e. The van der Waals surface area contributed by atoms with Crippen LogP contribution in [0, 0.1) is 11.8 Å². The normalized spacial score (nSPS) is 23.0. The Kier molecular flexibility index (Phi) is 5.33. The van der Waals surface area contributed by atoms with Crippen LogP contribution in [-0.2, 0) is 6.42 Å². The second-order valence-electron chi connectivity index (χ2n) is 7.76. The van der Waals surface area contributed by atoms with Crippen molar-refractivity contribution in [2.75, 3.05) is 0 Å². The number of pyridine rings is 2. The number of hydrazone groups is 1. The predicted molar refractivity (Wildman–Crippen MR) is 110 cm³/mol. The number of nitrogens with zero attached hydrogens (tertiary/aromatic N) is 3. The molecule has 2 atom stereocenters. The number of hydrogen-bond acceptors (Lipinski definition) is 4. The van der Waals surface area contributed by atoms with Crippen molar-refractivity contribution in [3.05, 3.63) is 65.2 Å². The molecule has 2 aromatic heterocycles.